The van der Waals surface area contributed by atoms with Crippen LogP contribution in [0.25, 0.3) is 0 Å². The number of hydrogen-bond acceptors (Lipinski definition) is 5. The second-order valence-corrected chi connectivity index (χ2v) is 6.01. The van der Waals surface area contributed by atoms with E-state index in [1.54, 1.807) is 19.1 Å². The molecular weight excluding hydrogens is 336 g/mol. The van der Waals surface area contributed by atoms with Crippen LogP contribution in [0.1, 0.15) is 23.1 Å². The number of carbonyl (C=O) groups is 1. The summed E-state index contributed by atoms with van der Waals surface area (Å²) < 4.78 is 0. The van der Waals surface area contributed by atoms with Crippen LogP contribution in [-0.2, 0) is 0 Å². The minimum Gasteiger partial charge on any atom is -0.340 e. The highest BCUT2D eigenvalue weighted by atomic mass is 35.5. The van der Waals surface area contributed by atoms with Crippen LogP contribution in [0, 0.1) is 6.92 Å². The quantitative estimate of drug-likeness (QED) is 0.623. The van der Waals surface area contributed by atoms with Crippen molar-refractivity contribution in [2.45, 2.75) is 13.8 Å². The SMILES string of the molecule is CC(=O)c1ccc(Nc2cc(Nc3ccc(Cl)cc3)nc(C)n2)cc1. The molecule has 3 rings (SSSR count). The fourth-order valence-corrected chi connectivity index (χ4v) is 2.44. The first kappa shape index (κ1) is 16.9. The lowest BCUT2D eigenvalue weighted by Gasteiger charge is -2.10. The molecule has 0 amide bonds. The van der Waals surface area contributed by atoms with E-state index in [-0.39, 0.29) is 5.78 Å². The maximum atomic E-state index is 11.3. The van der Waals surface area contributed by atoms with E-state index in [2.05, 4.69) is 20.6 Å². The van der Waals surface area contributed by atoms with Crippen LogP contribution in [0.4, 0.5) is 23.0 Å². The molecule has 0 saturated carbocycles. The molecule has 0 unspecified atom stereocenters. The average Bonchev–Trinajstić information content (AvgIpc) is 2.57. The van der Waals surface area contributed by atoms with Gasteiger partial charge in [-0.3, -0.25) is 4.79 Å². The molecule has 0 radical (unpaired) electrons. The maximum absolute atomic E-state index is 11.3. The molecule has 0 spiro atoms. The van der Waals surface area contributed by atoms with Gasteiger partial charge < -0.3 is 10.6 Å². The largest absolute Gasteiger partial charge is 0.340 e. The standard InChI is InChI=1S/C19H17ClN4O/c1-12(25)14-3-7-16(8-4-14)23-18-11-19(22-13(2)21-18)24-17-9-5-15(20)6-10-17/h3-11H,1-2H3,(H2,21,22,23,24). The Kier molecular flexibility index (Phi) is 4.95. The molecule has 2 N–H and O–H groups in total. The zero-order valence-electron chi connectivity index (χ0n) is 13.9. The van der Waals surface area contributed by atoms with Crippen molar-refractivity contribution >= 4 is 40.4 Å². The van der Waals surface area contributed by atoms with E-state index in [0.717, 1.165) is 11.4 Å². The average molecular weight is 353 g/mol. The third kappa shape index (κ3) is 4.55. The van der Waals surface area contributed by atoms with Gasteiger partial charge in [-0.05, 0) is 62.4 Å². The van der Waals surface area contributed by atoms with Crippen molar-refractivity contribution in [1.82, 2.24) is 9.97 Å². The second kappa shape index (κ2) is 7.32. The Bertz CT molecular complexity index is 892. The van der Waals surface area contributed by atoms with Gasteiger partial charge in [0, 0.05) is 28.0 Å². The van der Waals surface area contributed by atoms with Gasteiger partial charge in [-0.2, -0.15) is 0 Å². The normalized spacial score (nSPS) is 10.4. The number of anilines is 4. The number of aromatic nitrogens is 2. The summed E-state index contributed by atoms with van der Waals surface area (Å²) in [4.78, 5) is 20.1. The van der Waals surface area contributed by atoms with Crippen LogP contribution in [0.2, 0.25) is 5.02 Å². The van der Waals surface area contributed by atoms with Crippen molar-refractivity contribution in [3.05, 3.63) is 71.0 Å². The Labute approximate surface area is 151 Å². The van der Waals surface area contributed by atoms with Gasteiger partial charge in [0.2, 0.25) is 0 Å². The van der Waals surface area contributed by atoms with E-state index >= 15 is 0 Å². The molecule has 1 heterocycles. The number of Topliss-reactive ketones (excluding diaryl/α,β-unsaturated/α-hetero) is 1. The van der Waals surface area contributed by atoms with E-state index in [9.17, 15) is 4.79 Å². The number of aryl methyl sites for hydroxylation is 1. The summed E-state index contributed by atoms with van der Waals surface area (Å²) in [6, 6.07) is 16.5. The lowest BCUT2D eigenvalue weighted by atomic mass is 10.1. The van der Waals surface area contributed by atoms with E-state index in [0.29, 0.717) is 28.0 Å². The Balaban J connectivity index is 1.79. The molecule has 0 bridgehead atoms. The van der Waals surface area contributed by atoms with E-state index in [1.165, 1.54) is 0 Å². The zero-order valence-corrected chi connectivity index (χ0v) is 14.6. The van der Waals surface area contributed by atoms with Crippen LogP contribution in [0.5, 0.6) is 0 Å². The van der Waals surface area contributed by atoms with E-state index in [1.807, 2.05) is 49.4 Å². The maximum Gasteiger partial charge on any atom is 0.159 e. The van der Waals surface area contributed by atoms with Gasteiger partial charge in [-0.15, -0.1) is 0 Å². The molecular formula is C19H17ClN4O. The molecule has 0 saturated heterocycles. The molecule has 1 aromatic heterocycles. The minimum atomic E-state index is 0.0406. The Morgan fingerprint density at radius 3 is 1.84 bits per heavy atom. The number of benzene rings is 2. The van der Waals surface area contributed by atoms with Crippen LogP contribution in [0.3, 0.4) is 0 Å². The molecule has 126 valence electrons. The van der Waals surface area contributed by atoms with Crippen LogP contribution < -0.4 is 10.6 Å². The molecule has 0 fully saturated rings. The van der Waals surface area contributed by atoms with Crippen LogP contribution in [-0.4, -0.2) is 15.8 Å². The lowest BCUT2D eigenvalue weighted by molar-refractivity contribution is 0.101. The van der Waals surface area contributed by atoms with Crippen molar-refractivity contribution in [3.63, 3.8) is 0 Å². The summed E-state index contributed by atoms with van der Waals surface area (Å²) in [6.07, 6.45) is 0. The van der Waals surface area contributed by atoms with E-state index < -0.39 is 0 Å². The smallest absolute Gasteiger partial charge is 0.159 e. The summed E-state index contributed by atoms with van der Waals surface area (Å²) >= 11 is 5.90. The van der Waals surface area contributed by atoms with Crippen molar-refractivity contribution in [1.29, 1.82) is 0 Å². The van der Waals surface area contributed by atoms with Gasteiger partial charge in [0.15, 0.2) is 5.78 Å². The van der Waals surface area contributed by atoms with Gasteiger partial charge in [0.05, 0.1) is 0 Å². The molecule has 25 heavy (non-hydrogen) atoms. The van der Waals surface area contributed by atoms with Crippen molar-refractivity contribution in [3.8, 4) is 0 Å². The minimum absolute atomic E-state index is 0.0406. The fraction of sp³-hybridized carbons (Fsp3) is 0.105. The molecule has 0 aliphatic rings. The summed E-state index contributed by atoms with van der Waals surface area (Å²) in [7, 11) is 0. The van der Waals surface area contributed by atoms with Crippen molar-refractivity contribution in [2.24, 2.45) is 0 Å². The first-order valence-electron chi connectivity index (χ1n) is 7.76. The summed E-state index contributed by atoms with van der Waals surface area (Å²) in [6.45, 7) is 3.38. The topological polar surface area (TPSA) is 66.9 Å². The summed E-state index contributed by atoms with van der Waals surface area (Å²) in [5, 5.41) is 7.13. The second-order valence-electron chi connectivity index (χ2n) is 5.58. The number of nitrogens with one attached hydrogen (secondary N) is 2. The number of hydrogen-bond donors (Lipinski definition) is 2. The monoisotopic (exact) mass is 352 g/mol. The van der Waals surface area contributed by atoms with Gasteiger partial charge in [-0.25, -0.2) is 9.97 Å². The molecule has 0 atom stereocenters. The Morgan fingerprint density at radius 2 is 1.36 bits per heavy atom. The summed E-state index contributed by atoms with van der Waals surface area (Å²) in [5.41, 5.74) is 2.41. The number of rotatable bonds is 5. The van der Waals surface area contributed by atoms with Gasteiger partial charge >= 0.3 is 0 Å². The highest BCUT2D eigenvalue weighted by Crippen LogP contribution is 2.22. The summed E-state index contributed by atoms with van der Waals surface area (Å²) in [5.74, 6) is 2.03. The third-order valence-electron chi connectivity index (χ3n) is 3.52. The first-order valence-corrected chi connectivity index (χ1v) is 8.14. The number of halogens is 1. The number of nitrogens with zero attached hydrogens (tertiary/aromatic N) is 2. The molecule has 6 heteroatoms. The highest BCUT2D eigenvalue weighted by molar-refractivity contribution is 6.30. The first-order chi connectivity index (χ1) is 12.0. The molecule has 0 aliphatic carbocycles. The molecule has 0 aliphatic heterocycles. The Morgan fingerprint density at radius 1 is 0.880 bits per heavy atom. The van der Waals surface area contributed by atoms with Crippen LogP contribution in [0.15, 0.2) is 54.6 Å². The Hall–Kier alpha value is -2.92. The fourth-order valence-electron chi connectivity index (χ4n) is 2.31. The van der Waals surface area contributed by atoms with Crippen molar-refractivity contribution in [2.75, 3.05) is 10.6 Å². The molecule has 5 nitrogen and oxygen atoms in total. The van der Waals surface area contributed by atoms with Gasteiger partial charge in [-0.1, -0.05) is 11.6 Å². The predicted molar refractivity (Wildman–Crippen MR) is 101 cm³/mol. The number of ketones is 1. The van der Waals surface area contributed by atoms with Crippen LogP contribution >= 0.6 is 11.6 Å². The van der Waals surface area contributed by atoms with Gasteiger partial charge in [0.1, 0.15) is 17.5 Å². The molecule has 3 aromatic rings. The number of carbonyl (C=O) groups excluding carboxylic acids is 1. The van der Waals surface area contributed by atoms with E-state index in [4.69, 9.17) is 11.6 Å². The predicted octanol–water partition coefficient (Wildman–Crippen LogP) is 5.13. The lowest BCUT2D eigenvalue weighted by Crippen LogP contribution is -2.01. The van der Waals surface area contributed by atoms with Gasteiger partial charge in [0.25, 0.3) is 0 Å². The third-order valence-corrected chi connectivity index (χ3v) is 3.77. The molecule has 2 aromatic carbocycles. The van der Waals surface area contributed by atoms with Crippen molar-refractivity contribution < 1.29 is 4.79 Å². The zero-order chi connectivity index (χ0) is 17.8. The highest BCUT2D eigenvalue weighted by Gasteiger charge is 2.04.